The molecule has 0 spiro atoms. The molecular weight excluding hydrogens is 280 g/mol. The van der Waals surface area contributed by atoms with Crippen molar-refractivity contribution in [2.75, 3.05) is 5.32 Å². The van der Waals surface area contributed by atoms with Crippen LogP contribution in [0.5, 0.6) is 0 Å². The Hall–Kier alpha value is -2.06. The summed E-state index contributed by atoms with van der Waals surface area (Å²) in [6.07, 6.45) is 2.53. The van der Waals surface area contributed by atoms with Crippen LogP contribution in [0, 0.1) is 10.1 Å². The second kappa shape index (κ2) is 5.07. The topological polar surface area (TPSA) is 98.0 Å². The lowest BCUT2D eigenvalue weighted by Crippen LogP contribution is -2.12. The van der Waals surface area contributed by atoms with Crippen LogP contribution >= 0.6 is 22.9 Å². The van der Waals surface area contributed by atoms with Crippen LogP contribution in [0.15, 0.2) is 24.5 Å². The fourth-order valence-corrected chi connectivity index (χ4v) is 1.96. The molecule has 0 bridgehead atoms. The number of nitrogens with one attached hydrogen (secondary N) is 1. The van der Waals surface area contributed by atoms with Crippen LogP contribution < -0.4 is 5.32 Å². The quantitative estimate of drug-likeness (QED) is 0.530. The van der Waals surface area contributed by atoms with Gasteiger partial charge in [0.2, 0.25) is 0 Å². The van der Waals surface area contributed by atoms with Crippen LogP contribution in [0.3, 0.4) is 0 Å². The van der Waals surface area contributed by atoms with Gasteiger partial charge in [0.15, 0.2) is 5.13 Å². The third-order valence-corrected chi connectivity index (χ3v) is 3.06. The lowest BCUT2D eigenvalue weighted by molar-refractivity contribution is -0.380. The Labute approximate surface area is 110 Å². The van der Waals surface area contributed by atoms with E-state index in [1.54, 1.807) is 6.07 Å². The third kappa shape index (κ3) is 2.60. The summed E-state index contributed by atoms with van der Waals surface area (Å²) in [5, 5.41) is 12.9. The number of amides is 1. The maximum absolute atomic E-state index is 11.8. The maximum Gasteiger partial charge on any atom is 0.345 e. The summed E-state index contributed by atoms with van der Waals surface area (Å²) in [6.45, 7) is 0. The van der Waals surface area contributed by atoms with Gasteiger partial charge >= 0.3 is 5.00 Å². The smallest absolute Gasteiger partial charge is 0.298 e. The Bertz CT molecular complexity index is 615. The molecule has 0 saturated heterocycles. The highest BCUT2D eigenvalue weighted by atomic mass is 35.5. The number of anilines is 1. The Balaban J connectivity index is 2.16. The number of carbonyl (C=O) groups is 1. The second-order valence-electron chi connectivity index (χ2n) is 3.06. The first-order valence-electron chi connectivity index (χ1n) is 4.60. The molecule has 0 saturated carbocycles. The predicted molar refractivity (Wildman–Crippen MR) is 66.0 cm³/mol. The molecule has 92 valence electrons. The number of hydrogen-bond acceptors (Lipinski definition) is 6. The van der Waals surface area contributed by atoms with Crippen LogP contribution in [0.25, 0.3) is 0 Å². The monoisotopic (exact) mass is 284 g/mol. The van der Waals surface area contributed by atoms with Gasteiger partial charge in [-0.2, -0.15) is 0 Å². The molecule has 0 aliphatic carbocycles. The summed E-state index contributed by atoms with van der Waals surface area (Å²) in [5.41, 5.74) is 0.178. The first kappa shape index (κ1) is 12.4. The van der Waals surface area contributed by atoms with E-state index >= 15 is 0 Å². The van der Waals surface area contributed by atoms with Crippen molar-refractivity contribution in [1.29, 1.82) is 0 Å². The molecule has 0 radical (unpaired) electrons. The van der Waals surface area contributed by atoms with Crippen molar-refractivity contribution in [3.8, 4) is 0 Å². The van der Waals surface area contributed by atoms with Gasteiger partial charge in [0.25, 0.3) is 5.91 Å². The molecule has 0 aliphatic heterocycles. The fraction of sp³-hybridized carbons (Fsp3) is 0. The molecule has 2 aromatic rings. The molecule has 18 heavy (non-hydrogen) atoms. The first-order valence-corrected chi connectivity index (χ1v) is 5.79. The van der Waals surface area contributed by atoms with Gasteiger partial charge in [0.1, 0.15) is 11.3 Å². The summed E-state index contributed by atoms with van der Waals surface area (Å²) in [5.74, 6) is -0.516. The minimum absolute atomic E-state index is 0.0565. The van der Waals surface area contributed by atoms with E-state index in [0.717, 1.165) is 17.5 Å². The van der Waals surface area contributed by atoms with Crippen LogP contribution in [-0.2, 0) is 0 Å². The summed E-state index contributed by atoms with van der Waals surface area (Å²) >= 11 is 6.51. The van der Waals surface area contributed by atoms with Gasteiger partial charge < -0.3 is 0 Å². The Morgan fingerprint density at radius 3 is 2.89 bits per heavy atom. The largest absolute Gasteiger partial charge is 0.345 e. The van der Waals surface area contributed by atoms with Gasteiger partial charge in [-0.25, -0.2) is 9.97 Å². The number of pyridine rings is 1. The average Bonchev–Trinajstić information content (AvgIpc) is 2.78. The van der Waals surface area contributed by atoms with E-state index in [1.165, 1.54) is 12.3 Å². The molecule has 2 heterocycles. The minimum Gasteiger partial charge on any atom is -0.298 e. The Kier molecular flexibility index (Phi) is 3.49. The number of rotatable bonds is 3. The van der Waals surface area contributed by atoms with E-state index in [2.05, 4.69) is 15.3 Å². The second-order valence-corrected chi connectivity index (χ2v) is 4.42. The van der Waals surface area contributed by atoms with Gasteiger partial charge in [0.05, 0.1) is 10.5 Å². The van der Waals surface area contributed by atoms with Crippen molar-refractivity contribution in [2.45, 2.75) is 0 Å². The van der Waals surface area contributed by atoms with Crippen LogP contribution in [-0.4, -0.2) is 20.8 Å². The van der Waals surface area contributed by atoms with Crippen molar-refractivity contribution in [3.63, 3.8) is 0 Å². The molecule has 0 atom stereocenters. The third-order valence-electron chi connectivity index (χ3n) is 1.90. The zero-order valence-electron chi connectivity index (χ0n) is 8.66. The lowest BCUT2D eigenvalue weighted by Gasteiger charge is -2.01. The molecule has 7 nitrogen and oxygen atoms in total. The molecule has 0 aliphatic rings. The van der Waals surface area contributed by atoms with Crippen molar-refractivity contribution in [1.82, 2.24) is 9.97 Å². The van der Waals surface area contributed by atoms with Gasteiger partial charge in [-0.15, -0.1) is 0 Å². The summed E-state index contributed by atoms with van der Waals surface area (Å²) in [7, 11) is 0. The van der Waals surface area contributed by atoms with Crippen molar-refractivity contribution in [2.24, 2.45) is 0 Å². The molecule has 0 aromatic carbocycles. The SMILES string of the molecule is O=C(Nc1ncc([N+](=O)[O-])s1)c1cccnc1Cl. The average molecular weight is 285 g/mol. The molecule has 9 heteroatoms. The van der Waals surface area contributed by atoms with Gasteiger partial charge in [-0.3, -0.25) is 20.2 Å². The van der Waals surface area contributed by atoms with Gasteiger partial charge in [0, 0.05) is 6.20 Å². The first-order chi connectivity index (χ1) is 8.58. The highest BCUT2D eigenvalue weighted by Gasteiger charge is 2.16. The summed E-state index contributed by atoms with van der Waals surface area (Å²) in [6, 6.07) is 3.05. The molecule has 2 aromatic heterocycles. The lowest BCUT2D eigenvalue weighted by atomic mass is 10.3. The van der Waals surface area contributed by atoms with E-state index in [4.69, 9.17) is 11.6 Å². The van der Waals surface area contributed by atoms with Crippen LogP contribution in [0.4, 0.5) is 10.1 Å². The van der Waals surface area contributed by atoms with Crippen molar-refractivity contribution < 1.29 is 9.72 Å². The zero-order valence-corrected chi connectivity index (χ0v) is 10.2. The zero-order chi connectivity index (χ0) is 13.1. The number of halogens is 1. The minimum atomic E-state index is -0.579. The summed E-state index contributed by atoms with van der Waals surface area (Å²) in [4.78, 5) is 29.1. The van der Waals surface area contributed by atoms with Gasteiger partial charge in [-0.1, -0.05) is 11.6 Å². The number of aromatic nitrogens is 2. The van der Waals surface area contributed by atoms with Crippen molar-refractivity contribution >= 4 is 39.0 Å². The number of thiazole rings is 1. The molecule has 1 N–H and O–H groups in total. The van der Waals surface area contributed by atoms with E-state index < -0.39 is 10.8 Å². The van der Waals surface area contributed by atoms with E-state index in [9.17, 15) is 14.9 Å². The number of nitro groups is 1. The number of carbonyl (C=O) groups excluding carboxylic acids is 1. The molecule has 0 unspecified atom stereocenters. The highest BCUT2D eigenvalue weighted by molar-refractivity contribution is 7.18. The van der Waals surface area contributed by atoms with Gasteiger partial charge in [-0.05, 0) is 23.5 Å². The Morgan fingerprint density at radius 2 is 2.28 bits per heavy atom. The van der Waals surface area contributed by atoms with E-state index in [0.29, 0.717) is 0 Å². The van der Waals surface area contributed by atoms with Crippen LogP contribution in [0.1, 0.15) is 10.4 Å². The summed E-state index contributed by atoms with van der Waals surface area (Å²) < 4.78 is 0. The predicted octanol–water partition coefficient (Wildman–Crippen LogP) is 2.35. The number of nitrogens with zero attached hydrogens (tertiary/aromatic N) is 3. The normalized spacial score (nSPS) is 10.1. The highest BCUT2D eigenvalue weighted by Crippen LogP contribution is 2.25. The fourth-order valence-electron chi connectivity index (χ4n) is 1.13. The molecule has 1 amide bonds. The molecule has 0 fully saturated rings. The molecular formula is C9H5ClN4O3S. The Morgan fingerprint density at radius 1 is 1.50 bits per heavy atom. The van der Waals surface area contributed by atoms with E-state index in [-0.39, 0.29) is 20.8 Å². The number of hydrogen-bond donors (Lipinski definition) is 1. The molecule has 2 rings (SSSR count). The van der Waals surface area contributed by atoms with Crippen molar-refractivity contribution in [3.05, 3.63) is 45.4 Å². The van der Waals surface area contributed by atoms with E-state index in [1.807, 2.05) is 0 Å². The standard InChI is InChI=1S/C9H5ClN4O3S/c10-7-5(2-1-3-11-7)8(15)13-9-12-4-6(18-9)14(16)17/h1-4H,(H,12,13,15). The maximum atomic E-state index is 11.8. The van der Waals surface area contributed by atoms with Crippen LogP contribution in [0.2, 0.25) is 5.15 Å².